The van der Waals surface area contributed by atoms with E-state index in [0.29, 0.717) is 24.4 Å². The van der Waals surface area contributed by atoms with Gasteiger partial charge in [-0.15, -0.1) is 11.3 Å². The van der Waals surface area contributed by atoms with Crippen LogP contribution < -0.4 is 0 Å². The number of carbonyl (C=O) groups excluding carboxylic acids is 1. The standard InChI is InChI=1S/C15H23NO4S2/c1-4-13-11(2)9-14(21-13)15(17)16(6-7-20-3)12-5-8-22(18,19)10-12/h9,12H,4-8,10H2,1-3H3/t12-/m1/s1. The Labute approximate surface area is 136 Å². The van der Waals surface area contributed by atoms with Gasteiger partial charge in [-0.25, -0.2) is 8.42 Å². The zero-order valence-corrected chi connectivity index (χ0v) is 14.9. The van der Waals surface area contributed by atoms with Gasteiger partial charge in [0.05, 0.1) is 23.0 Å². The number of carbonyl (C=O) groups is 1. The summed E-state index contributed by atoms with van der Waals surface area (Å²) in [7, 11) is -1.44. The maximum Gasteiger partial charge on any atom is 0.264 e. The number of methoxy groups -OCH3 is 1. The Hall–Kier alpha value is -0.920. The van der Waals surface area contributed by atoms with E-state index in [1.54, 1.807) is 12.0 Å². The number of amides is 1. The van der Waals surface area contributed by atoms with Crippen LogP contribution in [0.15, 0.2) is 6.07 Å². The average molecular weight is 345 g/mol. The molecular weight excluding hydrogens is 322 g/mol. The van der Waals surface area contributed by atoms with Crippen LogP contribution in [-0.2, 0) is 21.0 Å². The molecule has 0 bridgehead atoms. The van der Waals surface area contributed by atoms with Crippen molar-refractivity contribution in [2.75, 3.05) is 31.8 Å². The summed E-state index contributed by atoms with van der Waals surface area (Å²) >= 11 is 1.51. The van der Waals surface area contributed by atoms with Crippen LogP contribution in [0.1, 0.15) is 33.5 Å². The van der Waals surface area contributed by atoms with Gasteiger partial charge in [0.2, 0.25) is 0 Å². The summed E-state index contributed by atoms with van der Waals surface area (Å²) in [5, 5.41) is 0. The van der Waals surface area contributed by atoms with E-state index < -0.39 is 9.84 Å². The van der Waals surface area contributed by atoms with Crippen molar-refractivity contribution < 1.29 is 17.9 Å². The quantitative estimate of drug-likeness (QED) is 0.790. The SMILES string of the molecule is CCc1sc(C(=O)N(CCOC)[C@@H]2CCS(=O)(=O)C2)cc1C. The molecule has 1 aromatic heterocycles. The van der Waals surface area contributed by atoms with Crippen molar-refractivity contribution in [1.29, 1.82) is 0 Å². The summed E-state index contributed by atoms with van der Waals surface area (Å²) in [5.41, 5.74) is 1.13. The fourth-order valence-corrected chi connectivity index (χ4v) is 5.58. The summed E-state index contributed by atoms with van der Waals surface area (Å²) in [5.74, 6) is 0.151. The molecule has 7 heteroatoms. The largest absolute Gasteiger partial charge is 0.383 e. The highest BCUT2D eigenvalue weighted by Crippen LogP contribution is 2.26. The Morgan fingerprint density at radius 3 is 2.73 bits per heavy atom. The van der Waals surface area contributed by atoms with Gasteiger partial charge in [0.25, 0.3) is 5.91 Å². The number of rotatable bonds is 6. The van der Waals surface area contributed by atoms with E-state index in [-0.39, 0.29) is 23.5 Å². The lowest BCUT2D eigenvalue weighted by atomic mass is 10.2. The fourth-order valence-electron chi connectivity index (χ4n) is 2.78. The molecule has 124 valence electrons. The first-order chi connectivity index (χ1) is 10.4. The maximum atomic E-state index is 12.8. The molecule has 0 radical (unpaired) electrons. The predicted molar refractivity (Wildman–Crippen MR) is 88.4 cm³/mol. The first kappa shape index (κ1) is 17.4. The monoisotopic (exact) mass is 345 g/mol. The van der Waals surface area contributed by atoms with Crippen molar-refractivity contribution in [2.24, 2.45) is 0 Å². The molecule has 0 spiro atoms. The highest BCUT2D eigenvalue weighted by atomic mass is 32.2. The van der Waals surface area contributed by atoms with Crippen molar-refractivity contribution in [2.45, 2.75) is 32.7 Å². The van der Waals surface area contributed by atoms with E-state index in [1.165, 1.54) is 16.2 Å². The van der Waals surface area contributed by atoms with Crippen LogP contribution in [0.2, 0.25) is 0 Å². The smallest absolute Gasteiger partial charge is 0.264 e. The van der Waals surface area contributed by atoms with Gasteiger partial charge in [0.1, 0.15) is 0 Å². The Bertz CT molecular complexity index is 636. The first-order valence-electron chi connectivity index (χ1n) is 7.47. The van der Waals surface area contributed by atoms with E-state index in [1.807, 2.05) is 13.0 Å². The molecule has 0 aliphatic carbocycles. The minimum Gasteiger partial charge on any atom is -0.383 e. The number of nitrogens with zero attached hydrogens (tertiary/aromatic N) is 1. The minimum atomic E-state index is -3.02. The molecule has 1 aliphatic heterocycles. The van der Waals surface area contributed by atoms with Gasteiger partial charge >= 0.3 is 0 Å². The van der Waals surface area contributed by atoms with Crippen LogP contribution in [0.3, 0.4) is 0 Å². The zero-order valence-electron chi connectivity index (χ0n) is 13.3. The van der Waals surface area contributed by atoms with E-state index in [0.717, 1.165) is 12.0 Å². The van der Waals surface area contributed by atoms with Crippen molar-refractivity contribution in [1.82, 2.24) is 4.90 Å². The second-order valence-electron chi connectivity index (χ2n) is 5.62. The van der Waals surface area contributed by atoms with E-state index in [9.17, 15) is 13.2 Å². The molecule has 1 atom stereocenters. The van der Waals surface area contributed by atoms with E-state index in [4.69, 9.17) is 4.74 Å². The van der Waals surface area contributed by atoms with Gasteiger partial charge in [0.15, 0.2) is 9.84 Å². The normalized spacial score (nSPS) is 20.2. The fraction of sp³-hybridized carbons (Fsp3) is 0.667. The maximum absolute atomic E-state index is 12.8. The van der Waals surface area contributed by atoms with E-state index in [2.05, 4.69) is 6.92 Å². The highest BCUT2D eigenvalue weighted by molar-refractivity contribution is 7.91. The summed E-state index contributed by atoms with van der Waals surface area (Å²) in [4.78, 5) is 16.4. The summed E-state index contributed by atoms with van der Waals surface area (Å²) < 4.78 is 28.5. The number of ether oxygens (including phenoxy) is 1. The second-order valence-corrected chi connectivity index (χ2v) is 8.98. The van der Waals surface area contributed by atoms with Gasteiger partial charge in [-0.05, 0) is 31.4 Å². The lowest BCUT2D eigenvalue weighted by molar-refractivity contribution is 0.0629. The third-order valence-corrected chi connectivity index (χ3v) is 7.12. The molecule has 0 aromatic carbocycles. The minimum absolute atomic E-state index is 0.0629. The van der Waals surface area contributed by atoms with Gasteiger partial charge in [-0.2, -0.15) is 0 Å². The second kappa shape index (κ2) is 7.10. The molecular formula is C15H23NO4S2. The molecule has 1 fully saturated rings. The molecule has 1 aromatic rings. The molecule has 22 heavy (non-hydrogen) atoms. The number of thiophene rings is 1. The average Bonchev–Trinajstić information content (AvgIpc) is 3.01. The van der Waals surface area contributed by atoms with Crippen LogP contribution in [0.5, 0.6) is 0 Å². The molecule has 5 nitrogen and oxygen atoms in total. The Balaban J connectivity index is 2.22. The lowest BCUT2D eigenvalue weighted by Crippen LogP contribution is -2.42. The van der Waals surface area contributed by atoms with Gasteiger partial charge in [-0.1, -0.05) is 6.92 Å². The Kier molecular flexibility index (Phi) is 5.63. The van der Waals surface area contributed by atoms with E-state index >= 15 is 0 Å². The third kappa shape index (κ3) is 3.88. The topological polar surface area (TPSA) is 63.7 Å². The van der Waals surface area contributed by atoms with Crippen LogP contribution in [0.25, 0.3) is 0 Å². The Morgan fingerprint density at radius 1 is 1.50 bits per heavy atom. The number of aryl methyl sites for hydroxylation is 2. The van der Waals surface area contributed by atoms with Crippen LogP contribution in [0, 0.1) is 6.92 Å². The summed E-state index contributed by atoms with van der Waals surface area (Å²) in [6, 6.07) is 1.68. The molecule has 2 heterocycles. The Morgan fingerprint density at radius 2 is 2.23 bits per heavy atom. The van der Waals surface area contributed by atoms with Crippen molar-refractivity contribution >= 4 is 27.1 Å². The number of sulfone groups is 1. The van der Waals surface area contributed by atoms with Crippen LogP contribution in [-0.4, -0.2) is 57.0 Å². The molecule has 0 unspecified atom stereocenters. The first-order valence-corrected chi connectivity index (χ1v) is 10.1. The van der Waals surface area contributed by atoms with Crippen molar-refractivity contribution in [3.05, 3.63) is 21.4 Å². The molecule has 0 N–H and O–H groups in total. The highest BCUT2D eigenvalue weighted by Gasteiger charge is 2.35. The molecule has 1 amide bonds. The molecule has 0 saturated carbocycles. The molecule has 2 rings (SSSR count). The van der Waals surface area contributed by atoms with Crippen molar-refractivity contribution in [3.63, 3.8) is 0 Å². The number of hydrogen-bond acceptors (Lipinski definition) is 5. The predicted octanol–water partition coefficient (Wildman–Crippen LogP) is 1.89. The van der Waals surface area contributed by atoms with Crippen LogP contribution >= 0.6 is 11.3 Å². The zero-order chi connectivity index (χ0) is 16.3. The lowest BCUT2D eigenvalue weighted by Gasteiger charge is -2.27. The summed E-state index contributed by atoms with van der Waals surface area (Å²) in [6.45, 7) is 4.91. The van der Waals surface area contributed by atoms with Crippen molar-refractivity contribution in [3.8, 4) is 0 Å². The van der Waals surface area contributed by atoms with Gasteiger partial charge in [0, 0.05) is 24.6 Å². The van der Waals surface area contributed by atoms with Gasteiger partial charge in [-0.3, -0.25) is 4.79 Å². The number of hydrogen-bond donors (Lipinski definition) is 0. The molecule has 1 aliphatic rings. The van der Waals surface area contributed by atoms with Crippen LogP contribution in [0.4, 0.5) is 0 Å². The van der Waals surface area contributed by atoms with Gasteiger partial charge < -0.3 is 9.64 Å². The summed E-state index contributed by atoms with van der Waals surface area (Å²) in [6.07, 6.45) is 1.42. The third-order valence-electron chi connectivity index (χ3n) is 4.00. The molecule has 1 saturated heterocycles.